The third-order valence-electron chi connectivity index (χ3n) is 5.15. The molecule has 1 amide bonds. The third kappa shape index (κ3) is 5.74. The van der Waals surface area contributed by atoms with Gasteiger partial charge in [0.1, 0.15) is 11.5 Å². The molecule has 1 N–H and O–H groups in total. The van der Waals surface area contributed by atoms with Gasteiger partial charge in [0.2, 0.25) is 0 Å². The number of aryl methyl sites for hydroxylation is 2. The molecule has 174 valence electrons. The first kappa shape index (κ1) is 22.9. The Labute approximate surface area is 192 Å². The van der Waals surface area contributed by atoms with Gasteiger partial charge < -0.3 is 15.0 Å². The van der Waals surface area contributed by atoms with Gasteiger partial charge in [-0.05, 0) is 37.3 Å². The predicted octanol–water partition coefficient (Wildman–Crippen LogP) is 1.82. The number of anilines is 2. The summed E-state index contributed by atoms with van der Waals surface area (Å²) in [5.74, 6) is 0.675. The molecule has 0 aliphatic carbocycles. The zero-order valence-corrected chi connectivity index (χ0v) is 19.6. The lowest BCUT2D eigenvalue weighted by atomic mass is 10.2. The van der Waals surface area contributed by atoms with Gasteiger partial charge in [-0.2, -0.15) is 5.10 Å². The van der Waals surface area contributed by atoms with E-state index in [1.165, 1.54) is 10.9 Å². The Balaban J connectivity index is 1.60. The van der Waals surface area contributed by atoms with E-state index < -0.39 is 9.84 Å². The van der Waals surface area contributed by atoms with Crippen molar-refractivity contribution in [2.75, 3.05) is 42.8 Å². The average molecular weight is 471 g/mol. The first-order chi connectivity index (χ1) is 15.7. The Morgan fingerprint density at radius 2 is 1.82 bits per heavy atom. The Morgan fingerprint density at radius 3 is 2.42 bits per heavy atom. The van der Waals surface area contributed by atoms with Gasteiger partial charge in [-0.15, -0.1) is 0 Å². The molecule has 0 spiro atoms. The minimum Gasteiger partial charge on any atom is -0.378 e. The van der Waals surface area contributed by atoms with Crippen molar-refractivity contribution in [3.63, 3.8) is 0 Å². The first-order valence-corrected chi connectivity index (χ1v) is 12.5. The highest BCUT2D eigenvalue weighted by atomic mass is 32.2. The quantitative estimate of drug-likeness (QED) is 0.579. The molecule has 3 heterocycles. The van der Waals surface area contributed by atoms with Crippen LogP contribution in [0.4, 0.5) is 11.5 Å². The Bertz CT molecular complexity index is 1260. The number of carbonyl (C=O) groups excluding carboxylic acids is 1. The second-order valence-electron chi connectivity index (χ2n) is 8.04. The lowest BCUT2D eigenvalue weighted by Crippen LogP contribution is -2.37. The molecule has 0 saturated carbocycles. The van der Waals surface area contributed by atoms with Crippen LogP contribution >= 0.6 is 0 Å². The summed E-state index contributed by atoms with van der Waals surface area (Å²) >= 11 is 0. The maximum Gasteiger partial charge on any atom is 0.273 e. The van der Waals surface area contributed by atoms with Crippen molar-refractivity contribution in [1.82, 2.24) is 19.7 Å². The van der Waals surface area contributed by atoms with E-state index in [1.54, 1.807) is 43.4 Å². The molecule has 11 heteroatoms. The number of morpholine rings is 1. The molecule has 0 radical (unpaired) electrons. The third-order valence-corrected chi connectivity index (χ3v) is 5.97. The molecule has 1 aliphatic rings. The number of carbonyl (C=O) groups is 1. The van der Waals surface area contributed by atoms with E-state index in [9.17, 15) is 13.2 Å². The highest BCUT2D eigenvalue weighted by Gasteiger charge is 2.18. The van der Waals surface area contributed by atoms with Gasteiger partial charge in [-0.3, -0.25) is 9.48 Å². The highest BCUT2D eigenvalue weighted by molar-refractivity contribution is 7.89. The number of hydrogen-bond donors (Lipinski definition) is 1. The molecule has 1 aromatic carbocycles. The van der Waals surface area contributed by atoms with E-state index in [1.807, 2.05) is 6.92 Å². The van der Waals surface area contributed by atoms with E-state index in [2.05, 4.69) is 25.3 Å². The Kier molecular flexibility index (Phi) is 6.43. The van der Waals surface area contributed by atoms with Crippen molar-refractivity contribution in [1.29, 1.82) is 0 Å². The van der Waals surface area contributed by atoms with Crippen molar-refractivity contribution < 1.29 is 17.9 Å². The van der Waals surface area contributed by atoms with Crippen LogP contribution in [0.15, 0.2) is 36.4 Å². The molecule has 0 bridgehead atoms. The lowest BCUT2D eigenvalue weighted by molar-refractivity contribution is 0.101. The maximum absolute atomic E-state index is 12.5. The molecule has 10 nitrogen and oxygen atoms in total. The van der Waals surface area contributed by atoms with E-state index in [-0.39, 0.29) is 11.7 Å². The normalized spacial score (nSPS) is 14.3. The Hall–Kier alpha value is -3.31. The van der Waals surface area contributed by atoms with E-state index >= 15 is 0 Å². The standard InChI is InChI=1S/C22H26N6O4S/c1-15-12-19(27(2)26-15)22(29)24-17-6-4-16(5-7-17)21-23-18(14-33(3,30)31)13-20(25-21)28-8-10-32-11-9-28/h4-7,12-13H,8-11,14H2,1-3H3,(H,24,29). The molecule has 1 aliphatic heterocycles. The summed E-state index contributed by atoms with van der Waals surface area (Å²) in [6, 6.07) is 10.6. The topological polar surface area (TPSA) is 119 Å². The summed E-state index contributed by atoms with van der Waals surface area (Å²) in [5.41, 5.74) is 2.99. The van der Waals surface area contributed by atoms with Gasteiger partial charge >= 0.3 is 0 Å². The van der Waals surface area contributed by atoms with Gasteiger partial charge in [0.25, 0.3) is 5.91 Å². The number of hydrogen-bond acceptors (Lipinski definition) is 8. The molecular weight excluding hydrogens is 444 g/mol. The molecule has 3 aromatic rings. The van der Waals surface area contributed by atoms with Crippen LogP contribution in [0, 0.1) is 6.92 Å². The largest absolute Gasteiger partial charge is 0.378 e. The maximum atomic E-state index is 12.5. The van der Waals surface area contributed by atoms with Crippen LogP contribution in [0.5, 0.6) is 0 Å². The monoisotopic (exact) mass is 470 g/mol. The van der Waals surface area contributed by atoms with Crippen LogP contribution in [0.3, 0.4) is 0 Å². The van der Waals surface area contributed by atoms with Crippen molar-refractivity contribution >= 4 is 27.2 Å². The molecule has 0 unspecified atom stereocenters. The summed E-state index contributed by atoms with van der Waals surface area (Å²) < 4.78 is 30.7. The van der Waals surface area contributed by atoms with Crippen LogP contribution in [0.25, 0.3) is 11.4 Å². The van der Waals surface area contributed by atoms with E-state index in [0.717, 1.165) is 5.69 Å². The molecule has 2 aromatic heterocycles. The molecule has 1 saturated heterocycles. The van der Waals surface area contributed by atoms with Gasteiger partial charge in [-0.1, -0.05) is 0 Å². The average Bonchev–Trinajstić information content (AvgIpc) is 3.11. The fourth-order valence-corrected chi connectivity index (χ4v) is 4.32. The number of nitrogens with zero attached hydrogens (tertiary/aromatic N) is 5. The van der Waals surface area contributed by atoms with Crippen molar-refractivity contribution in [2.45, 2.75) is 12.7 Å². The van der Waals surface area contributed by atoms with Crippen molar-refractivity contribution in [2.24, 2.45) is 7.05 Å². The van der Waals surface area contributed by atoms with Gasteiger partial charge in [-0.25, -0.2) is 18.4 Å². The number of amides is 1. The van der Waals surface area contributed by atoms with Gasteiger partial charge in [0, 0.05) is 43.7 Å². The summed E-state index contributed by atoms with van der Waals surface area (Å²) in [5, 5.41) is 7.05. The fraction of sp³-hybridized carbons (Fsp3) is 0.364. The molecular formula is C22H26N6O4S. The second kappa shape index (κ2) is 9.28. The number of nitrogens with one attached hydrogen (secondary N) is 1. The summed E-state index contributed by atoms with van der Waals surface area (Å²) in [4.78, 5) is 23.8. The minimum absolute atomic E-state index is 0.169. The number of benzene rings is 1. The van der Waals surface area contributed by atoms with Crippen molar-refractivity contribution in [3.05, 3.63) is 53.5 Å². The molecule has 33 heavy (non-hydrogen) atoms. The zero-order valence-electron chi connectivity index (χ0n) is 18.8. The SMILES string of the molecule is Cc1cc(C(=O)Nc2ccc(-c3nc(CS(C)(=O)=O)cc(N4CCOCC4)n3)cc2)n(C)n1. The molecule has 1 fully saturated rings. The fourth-order valence-electron chi connectivity index (χ4n) is 3.63. The zero-order chi connectivity index (χ0) is 23.6. The summed E-state index contributed by atoms with van der Waals surface area (Å²) in [7, 11) is -1.54. The second-order valence-corrected chi connectivity index (χ2v) is 10.2. The number of aromatic nitrogens is 4. The van der Waals surface area contributed by atoms with E-state index in [0.29, 0.717) is 60.6 Å². The number of ether oxygens (including phenoxy) is 1. The smallest absolute Gasteiger partial charge is 0.273 e. The van der Waals surface area contributed by atoms with Crippen LogP contribution < -0.4 is 10.2 Å². The molecule has 4 rings (SSSR count). The van der Waals surface area contributed by atoms with E-state index in [4.69, 9.17) is 4.74 Å². The number of sulfone groups is 1. The van der Waals surface area contributed by atoms with Crippen LogP contribution in [0.2, 0.25) is 0 Å². The van der Waals surface area contributed by atoms with Crippen LogP contribution in [-0.2, 0) is 27.4 Å². The predicted molar refractivity (Wildman–Crippen MR) is 125 cm³/mol. The minimum atomic E-state index is -3.26. The van der Waals surface area contributed by atoms with Crippen LogP contribution in [0.1, 0.15) is 21.9 Å². The first-order valence-electron chi connectivity index (χ1n) is 10.5. The highest BCUT2D eigenvalue weighted by Crippen LogP contribution is 2.24. The van der Waals surface area contributed by atoms with Crippen LogP contribution in [-0.4, -0.2) is 66.6 Å². The van der Waals surface area contributed by atoms with Crippen molar-refractivity contribution in [3.8, 4) is 11.4 Å². The Morgan fingerprint density at radius 1 is 1.12 bits per heavy atom. The number of rotatable bonds is 6. The van der Waals surface area contributed by atoms with Gasteiger partial charge in [0.15, 0.2) is 15.7 Å². The lowest BCUT2D eigenvalue weighted by Gasteiger charge is -2.28. The van der Waals surface area contributed by atoms with Gasteiger partial charge in [0.05, 0.1) is 30.4 Å². The summed E-state index contributed by atoms with van der Waals surface area (Å²) in [6.45, 7) is 4.35. The molecule has 0 atom stereocenters. The summed E-state index contributed by atoms with van der Waals surface area (Å²) in [6.07, 6.45) is 1.18.